The summed E-state index contributed by atoms with van der Waals surface area (Å²) in [5.41, 5.74) is 0. The second-order valence-corrected chi connectivity index (χ2v) is 30.8. The zero-order valence-electron chi connectivity index (χ0n) is 62.1. The fourth-order valence-corrected chi connectivity index (χ4v) is 13.4. The zero-order valence-corrected chi connectivity index (χ0v) is 63.0. The van der Waals surface area contributed by atoms with Crippen molar-refractivity contribution in [2.45, 2.75) is 444 Å². The van der Waals surface area contributed by atoms with Crippen molar-refractivity contribution in [2.24, 2.45) is 0 Å². The van der Waals surface area contributed by atoms with Gasteiger partial charge in [-0.25, -0.2) is 4.57 Å². The Hall–Kier alpha value is -1.51. The van der Waals surface area contributed by atoms with E-state index in [1.807, 2.05) is 27.2 Å². The van der Waals surface area contributed by atoms with Gasteiger partial charge in [-0.15, -0.1) is 0 Å². The predicted molar refractivity (Wildman–Crippen MR) is 397 cm³/mol. The summed E-state index contributed by atoms with van der Waals surface area (Å²) >= 11 is 0. The van der Waals surface area contributed by atoms with Crippen molar-refractivity contribution in [3.8, 4) is 0 Å². The molecule has 3 atom stereocenters. The summed E-state index contributed by atoms with van der Waals surface area (Å²) in [5.74, 6) is -0.475. The molecule has 9 nitrogen and oxygen atoms in total. The normalized spacial score (nSPS) is 13.4. The molecule has 540 valence electrons. The lowest BCUT2D eigenvalue weighted by atomic mass is 10.0. The highest BCUT2D eigenvalue weighted by Gasteiger charge is 2.30. The van der Waals surface area contributed by atoms with Crippen molar-refractivity contribution in [3.05, 3.63) is 24.3 Å². The summed E-state index contributed by atoms with van der Waals surface area (Å²) in [6, 6.07) is -0.844. The standard InChI is InChI=1S/C81H159N2O7P/c1-7-10-13-16-19-22-25-28-30-32-34-36-38-40-41-43-45-47-49-51-53-56-59-62-65-68-71-74-81(85)90-79(72-69-66-63-60-57-54-27-24-21-18-15-12-9-3)78(77-89-91(86,87)88-76-75-83(4,5)6)82-80(84)73-70-67-64-61-58-55-52-50-48-46-44-42-39-37-35-33-31-29-26-23-20-17-14-11-8-2/h29,31,69,72,78-79H,7-28,30,32-68,70-71,73-77H2,1-6H3,(H-,82,84,86,87)/p+1/b31-29+,72-69+. The lowest BCUT2D eigenvalue weighted by Crippen LogP contribution is -2.47. The van der Waals surface area contributed by atoms with Gasteiger partial charge in [0.25, 0.3) is 0 Å². The molecule has 0 aliphatic carbocycles. The second kappa shape index (κ2) is 71.3. The van der Waals surface area contributed by atoms with Gasteiger partial charge in [-0.1, -0.05) is 386 Å². The Labute approximate surface area is 568 Å². The molecule has 0 fully saturated rings. The average molecular weight is 1310 g/mol. The average Bonchev–Trinajstić information content (AvgIpc) is 3.73. The third kappa shape index (κ3) is 72.6. The van der Waals surface area contributed by atoms with E-state index in [9.17, 15) is 19.0 Å². The van der Waals surface area contributed by atoms with Crippen molar-refractivity contribution >= 4 is 19.7 Å². The van der Waals surface area contributed by atoms with Crippen LogP contribution in [0.4, 0.5) is 0 Å². The van der Waals surface area contributed by atoms with Gasteiger partial charge in [0.1, 0.15) is 19.3 Å². The largest absolute Gasteiger partial charge is 0.472 e. The first-order chi connectivity index (χ1) is 44.4. The highest BCUT2D eigenvalue weighted by Crippen LogP contribution is 2.43. The summed E-state index contributed by atoms with van der Waals surface area (Å²) in [5, 5.41) is 3.09. The van der Waals surface area contributed by atoms with E-state index in [4.69, 9.17) is 13.8 Å². The molecule has 0 aromatic carbocycles. The highest BCUT2D eigenvalue weighted by molar-refractivity contribution is 7.47. The number of allylic oxidation sites excluding steroid dienone is 3. The quantitative estimate of drug-likeness (QED) is 0.0205. The van der Waals surface area contributed by atoms with Crippen LogP contribution in [-0.2, 0) is 27.9 Å². The lowest BCUT2D eigenvalue weighted by molar-refractivity contribution is -0.870. The van der Waals surface area contributed by atoms with E-state index in [0.717, 1.165) is 57.8 Å². The fraction of sp³-hybridized carbons (Fsp3) is 0.926. The first-order valence-electron chi connectivity index (χ1n) is 40.7. The molecule has 0 bridgehead atoms. The molecule has 0 aliphatic rings. The smallest absolute Gasteiger partial charge is 0.456 e. The number of phosphoric ester groups is 1. The van der Waals surface area contributed by atoms with Crippen molar-refractivity contribution < 1.29 is 37.3 Å². The zero-order chi connectivity index (χ0) is 66.3. The molecule has 0 radical (unpaired) electrons. The Morgan fingerprint density at radius 1 is 0.374 bits per heavy atom. The number of amides is 1. The van der Waals surface area contributed by atoms with Crippen LogP contribution < -0.4 is 5.32 Å². The molecule has 1 amide bonds. The molecular formula is C81H160N2O7P+. The van der Waals surface area contributed by atoms with Crippen molar-refractivity contribution in [3.63, 3.8) is 0 Å². The summed E-state index contributed by atoms with van der Waals surface area (Å²) < 4.78 is 31.0. The Morgan fingerprint density at radius 2 is 0.637 bits per heavy atom. The third-order valence-electron chi connectivity index (χ3n) is 18.9. The Bertz CT molecular complexity index is 1600. The molecular weight excluding hydrogens is 1140 g/mol. The van der Waals surface area contributed by atoms with Crippen molar-refractivity contribution in [1.29, 1.82) is 0 Å². The second-order valence-electron chi connectivity index (χ2n) is 29.3. The van der Waals surface area contributed by atoms with Crippen molar-refractivity contribution in [1.82, 2.24) is 5.32 Å². The van der Waals surface area contributed by atoms with E-state index in [0.29, 0.717) is 23.9 Å². The van der Waals surface area contributed by atoms with Gasteiger partial charge in [-0.3, -0.25) is 18.6 Å². The molecule has 91 heavy (non-hydrogen) atoms. The maximum atomic E-state index is 13.7. The Kier molecular flexibility index (Phi) is 70.1. The molecule has 0 saturated heterocycles. The number of hydrogen-bond donors (Lipinski definition) is 2. The summed E-state index contributed by atoms with van der Waals surface area (Å²) in [4.78, 5) is 38.1. The van der Waals surface area contributed by atoms with Crippen LogP contribution in [0.5, 0.6) is 0 Å². The lowest BCUT2D eigenvalue weighted by Gasteiger charge is -2.27. The van der Waals surface area contributed by atoms with Crippen LogP contribution in [0.1, 0.15) is 432 Å². The maximum Gasteiger partial charge on any atom is 0.472 e. The third-order valence-corrected chi connectivity index (χ3v) is 19.9. The van der Waals surface area contributed by atoms with E-state index in [2.05, 4.69) is 44.3 Å². The number of nitrogens with zero attached hydrogens (tertiary/aromatic N) is 1. The van der Waals surface area contributed by atoms with E-state index < -0.39 is 20.0 Å². The van der Waals surface area contributed by atoms with Crippen LogP contribution in [0.2, 0.25) is 0 Å². The van der Waals surface area contributed by atoms with Gasteiger partial charge < -0.3 is 19.4 Å². The minimum absolute atomic E-state index is 0.0450. The molecule has 0 saturated carbocycles. The molecule has 0 spiro atoms. The topological polar surface area (TPSA) is 111 Å². The fourth-order valence-electron chi connectivity index (χ4n) is 12.6. The Balaban J connectivity index is 4.90. The van der Waals surface area contributed by atoms with E-state index in [1.54, 1.807) is 0 Å². The minimum Gasteiger partial charge on any atom is -0.456 e. The first kappa shape index (κ1) is 89.5. The number of unbranched alkanes of at least 4 members (excludes halogenated alkanes) is 58. The van der Waals surface area contributed by atoms with Crippen LogP contribution >= 0.6 is 7.82 Å². The van der Waals surface area contributed by atoms with Crippen LogP contribution in [-0.4, -0.2) is 74.3 Å². The number of carbonyl (C=O) groups excluding carboxylic acids is 2. The van der Waals surface area contributed by atoms with E-state index in [-0.39, 0.29) is 25.1 Å². The van der Waals surface area contributed by atoms with Gasteiger partial charge >= 0.3 is 13.8 Å². The highest BCUT2D eigenvalue weighted by atomic mass is 31.2. The summed E-state index contributed by atoms with van der Waals surface area (Å²) in [7, 11) is 1.52. The van der Waals surface area contributed by atoms with Crippen LogP contribution in [0.25, 0.3) is 0 Å². The maximum absolute atomic E-state index is 13.7. The van der Waals surface area contributed by atoms with Gasteiger partial charge in [-0.2, -0.15) is 0 Å². The van der Waals surface area contributed by atoms with Crippen LogP contribution in [0.3, 0.4) is 0 Å². The number of esters is 1. The predicted octanol–water partition coefficient (Wildman–Crippen LogP) is 26.4. The number of phosphoric acid groups is 1. The van der Waals surface area contributed by atoms with Gasteiger partial charge in [0.15, 0.2) is 0 Å². The minimum atomic E-state index is -4.45. The first-order valence-corrected chi connectivity index (χ1v) is 42.2. The van der Waals surface area contributed by atoms with Crippen molar-refractivity contribution in [2.75, 3.05) is 40.9 Å². The summed E-state index contributed by atoms with van der Waals surface area (Å²) in [6.45, 7) is 7.10. The van der Waals surface area contributed by atoms with Gasteiger partial charge in [0.05, 0.1) is 33.8 Å². The number of carbonyl (C=O) groups is 2. The Morgan fingerprint density at radius 3 is 0.934 bits per heavy atom. The van der Waals surface area contributed by atoms with Crippen LogP contribution in [0.15, 0.2) is 24.3 Å². The molecule has 0 aliphatic heterocycles. The molecule has 2 N–H and O–H groups in total. The SMILES string of the molecule is CCCCCCCC/C=C/CCCCCCCCCCCCCCCCCC(=O)NC(COP(=O)(O)OCC[N+](C)(C)C)C(/C=C/CCCCCCCCCCCCC)OC(=O)CCCCCCCCCCCCCCCCCCCCCCCCCCCCC. The van der Waals surface area contributed by atoms with E-state index in [1.165, 1.54) is 340 Å². The monoisotopic (exact) mass is 1300 g/mol. The summed E-state index contributed by atoms with van der Waals surface area (Å²) in [6.07, 6.45) is 89.4. The van der Waals surface area contributed by atoms with Gasteiger partial charge in [-0.05, 0) is 57.4 Å². The number of ether oxygens (including phenoxy) is 1. The number of hydrogen-bond acceptors (Lipinski definition) is 6. The molecule has 0 heterocycles. The number of likely N-dealkylation sites (N-methyl/N-ethyl adjacent to an activating group) is 1. The number of rotatable bonds is 76. The molecule has 0 aromatic heterocycles. The van der Waals surface area contributed by atoms with E-state index >= 15 is 0 Å². The van der Waals surface area contributed by atoms with Gasteiger partial charge in [0, 0.05) is 12.8 Å². The molecule has 10 heteroatoms. The molecule has 0 rings (SSSR count). The van der Waals surface area contributed by atoms with Crippen LogP contribution in [0, 0.1) is 0 Å². The molecule has 0 aromatic rings. The number of nitrogens with one attached hydrogen (secondary N) is 1. The van der Waals surface area contributed by atoms with Gasteiger partial charge in [0.2, 0.25) is 5.91 Å². The number of quaternary nitrogens is 1. The molecule has 3 unspecified atom stereocenters.